The molecule has 0 saturated carbocycles. The molecule has 0 fully saturated rings. The largest absolute Gasteiger partial charge is 0.379 e. The van der Waals surface area contributed by atoms with E-state index >= 15 is 0 Å². The van der Waals surface area contributed by atoms with E-state index in [-0.39, 0.29) is 5.84 Å². The SMILES string of the molecule is O=[N+]([O-])[C@@H]1C(NOc2ccccc2Cl)=Nc2ccccc21. The van der Waals surface area contributed by atoms with Crippen LogP contribution in [0.5, 0.6) is 5.75 Å². The van der Waals surface area contributed by atoms with Crippen molar-refractivity contribution < 1.29 is 9.76 Å². The summed E-state index contributed by atoms with van der Waals surface area (Å²) in [5.74, 6) is 0.501. The van der Waals surface area contributed by atoms with E-state index in [1.807, 2.05) is 0 Å². The minimum atomic E-state index is -1.07. The van der Waals surface area contributed by atoms with Crippen LogP contribution in [0.3, 0.4) is 0 Å². The third kappa shape index (κ3) is 2.53. The fraction of sp³-hybridized carbons (Fsp3) is 0.0714. The molecular weight excluding hydrogens is 294 g/mol. The lowest BCUT2D eigenvalue weighted by atomic mass is 10.1. The summed E-state index contributed by atoms with van der Waals surface area (Å²) in [6.45, 7) is 0. The Labute approximate surface area is 125 Å². The van der Waals surface area contributed by atoms with Crippen molar-refractivity contribution in [2.24, 2.45) is 4.99 Å². The molecule has 2 aromatic carbocycles. The number of hydrogen-bond acceptors (Lipinski definition) is 5. The molecule has 0 unspecified atom stereocenters. The van der Waals surface area contributed by atoms with Crippen molar-refractivity contribution in [1.82, 2.24) is 5.48 Å². The van der Waals surface area contributed by atoms with Gasteiger partial charge in [0.05, 0.1) is 16.3 Å². The number of fused-ring (bicyclic) bond motifs is 1. The van der Waals surface area contributed by atoms with Crippen molar-refractivity contribution in [2.75, 3.05) is 0 Å². The minimum absolute atomic E-state index is 0.126. The first-order chi connectivity index (χ1) is 10.2. The van der Waals surface area contributed by atoms with Crippen LogP contribution in [0, 0.1) is 10.1 Å². The number of hydrogen-bond donors (Lipinski definition) is 1. The Hall–Kier alpha value is -2.60. The molecule has 3 rings (SSSR count). The average molecular weight is 304 g/mol. The Balaban J connectivity index is 1.83. The number of nitrogens with one attached hydrogen (secondary N) is 1. The summed E-state index contributed by atoms with van der Waals surface area (Å²) in [5.41, 5.74) is 3.64. The van der Waals surface area contributed by atoms with Gasteiger partial charge in [0.25, 0.3) is 6.04 Å². The Morgan fingerprint density at radius 1 is 1.19 bits per heavy atom. The maximum absolute atomic E-state index is 11.3. The van der Waals surface area contributed by atoms with Crippen LogP contribution >= 0.6 is 11.6 Å². The maximum Gasteiger partial charge on any atom is 0.299 e. The number of halogens is 1. The van der Waals surface area contributed by atoms with E-state index in [4.69, 9.17) is 16.4 Å². The molecule has 1 heterocycles. The number of nitrogens with zero attached hydrogens (tertiary/aromatic N) is 2. The van der Waals surface area contributed by atoms with E-state index in [0.717, 1.165) is 0 Å². The molecule has 0 saturated heterocycles. The van der Waals surface area contributed by atoms with Crippen LogP contribution in [-0.2, 0) is 0 Å². The van der Waals surface area contributed by atoms with Gasteiger partial charge in [-0.05, 0) is 24.3 Å². The van der Waals surface area contributed by atoms with Crippen LogP contribution in [-0.4, -0.2) is 10.8 Å². The lowest BCUT2D eigenvalue weighted by Crippen LogP contribution is -2.33. The van der Waals surface area contributed by atoms with Crippen molar-refractivity contribution in [2.45, 2.75) is 6.04 Å². The van der Waals surface area contributed by atoms with Crippen LogP contribution in [0.1, 0.15) is 11.6 Å². The van der Waals surface area contributed by atoms with Crippen LogP contribution < -0.4 is 10.3 Å². The first-order valence-electron chi connectivity index (χ1n) is 6.15. The third-order valence-corrected chi connectivity index (χ3v) is 3.36. The molecule has 0 bridgehead atoms. The molecular formula is C14H10ClN3O3. The van der Waals surface area contributed by atoms with Gasteiger partial charge in [-0.2, -0.15) is 0 Å². The van der Waals surface area contributed by atoms with Crippen molar-refractivity contribution in [3.63, 3.8) is 0 Å². The second kappa shape index (κ2) is 5.41. The van der Waals surface area contributed by atoms with Crippen molar-refractivity contribution in [3.8, 4) is 5.75 Å². The summed E-state index contributed by atoms with van der Waals surface area (Å²) in [7, 11) is 0. The summed E-state index contributed by atoms with van der Waals surface area (Å²) in [6, 6.07) is 12.7. The molecule has 106 valence electrons. The number of amidine groups is 1. The average Bonchev–Trinajstić information content (AvgIpc) is 2.85. The highest BCUT2D eigenvalue weighted by Gasteiger charge is 2.37. The number of benzene rings is 2. The Bertz CT molecular complexity index is 733. The number of aliphatic imine (C=N–C) groups is 1. The zero-order valence-corrected chi connectivity index (χ0v) is 11.4. The molecule has 0 aromatic heterocycles. The molecule has 0 aliphatic carbocycles. The molecule has 6 nitrogen and oxygen atoms in total. The van der Waals surface area contributed by atoms with Gasteiger partial charge >= 0.3 is 0 Å². The number of rotatable bonds is 3. The molecule has 1 aliphatic rings. The van der Waals surface area contributed by atoms with Gasteiger partial charge in [-0.1, -0.05) is 35.9 Å². The Kier molecular flexibility index (Phi) is 3.45. The molecule has 2 aromatic rings. The topological polar surface area (TPSA) is 76.8 Å². The summed E-state index contributed by atoms with van der Waals surface area (Å²) in [6.07, 6.45) is 0. The van der Waals surface area contributed by atoms with Crippen molar-refractivity contribution >= 4 is 23.1 Å². The van der Waals surface area contributed by atoms with E-state index in [2.05, 4.69) is 10.5 Å². The fourth-order valence-electron chi connectivity index (χ4n) is 2.09. The van der Waals surface area contributed by atoms with Crippen molar-refractivity contribution in [3.05, 3.63) is 69.2 Å². The van der Waals surface area contributed by atoms with Gasteiger partial charge in [0, 0.05) is 4.92 Å². The van der Waals surface area contributed by atoms with Crippen molar-refractivity contribution in [1.29, 1.82) is 0 Å². The molecule has 1 atom stereocenters. The van der Waals surface area contributed by atoms with Gasteiger partial charge in [-0.15, -0.1) is 0 Å². The summed E-state index contributed by atoms with van der Waals surface area (Å²) >= 11 is 5.96. The molecule has 21 heavy (non-hydrogen) atoms. The predicted molar refractivity (Wildman–Crippen MR) is 78.5 cm³/mol. The summed E-state index contributed by atoms with van der Waals surface area (Å²) in [5, 5.41) is 11.7. The first-order valence-corrected chi connectivity index (χ1v) is 6.53. The second-order valence-corrected chi connectivity index (χ2v) is 4.79. The zero-order chi connectivity index (χ0) is 14.8. The lowest BCUT2D eigenvalue weighted by Gasteiger charge is -2.11. The second-order valence-electron chi connectivity index (χ2n) is 4.38. The Morgan fingerprint density at radius 3 is 2.67 bits per heavy atom. The monoisotopic (exact) mass is 303 g/mol. The normalized spacial score (nSPS) is 16.0. The van der Waals surface area contributed by atoms with Gasteiger partial charge < -0.3 is 4.84 Å². The van der Waals surface area contributed by atoms with E-state index in [1.54, 1.807) is 48.5 Å². The predicted octanol–water partition coefficient (Wildman–Crippen LogP) is 3.29. The molecule has 0 spiro atoms. The minimum Gasteiger partial charge on any atom is -0.379 e. The van der Waals surface area contributed by atoms with Crippen LogP contribution in [0.25, 0.3) is 0 Å². The molecule has 0 radical (unpaired) electrons. The number of para-hydroxylation sites is 2. The van der Waals surface area contributed by atoms with Crippen LogP contribution in [0.2, 0.25) is 5.02 Å². The Morgan fingerprint density at radius 2 is 1.90 bits per heavy atom. The first kappa shape index (κ1) is 13.4. The lowest BCUT2D eigenvalue weighted by molar-refractivity contribution is -0.508. The van der Waals surface area contributed by atoms with Gasteiger partial charge in [-0.3, -0.25) is 10.1 Å². The standard InChI is InChI=1S/C14H10ClN3O3/c15-10-6-2-4-8-12(10)21-17-14-13(18(19)20)9-5-1-3-7-11(9)16-14/h1-8,13H,(H,16,17)/t13-/m0/s1. The molecule has 0 amide bonds. The maximum atomic E-state index is 11.3. The fourth-order valence-corrected chi connectivity index (χ4v) is 2.26. The van der Waals surface area contributed by atoms with Crippen LogP contribution in [0.15, 0.2) is 53.5 Å². The van der Waals surface area contributed by atoms with Crippen LogP contribution in [0.4, 0.5) is 5.69 Å². The molecule has 7 heteroatoms. The van der Waals surface area contributed by atoms with E-state index in [1.165, 1.54) is 0 Å². The summed E-state index contributed by atoms with van der Waals surface area (Å²) in [4.78, 5) is 20.4. The van der Waals surface area contributed by atoms with Gasteiger partial charge in [0.15, 0.2) is 5.75 Å². The van der Waals surface area contributed by atoms with Gasteiger partial charge in [0.2, 0.25) is 5.84 Å². The highest BCUT2D eigenvalue weighted by Crippen LogP contribution is 2.34. The molecule has 1 aliphatic heterocycles. The third-order valence-electron chi connectivity index (χ3n) is 3.04. The summed E-state index contributed by atoms with van der Waals surface area (Å²) < 4.78 is 0. The molecule has 1 N–H and O–H groups in total. The smallest absolute Gasteiger partial charge is 0.299 e. The van der Waals surface area contributed by atoms with E-state index in [0.29, 0.717) is 22.0 Å². The van der Waals surface area contributed by atoms with Gasteiger partial charge in [-0.25, -0.2) is 10.5 Å². The van der Waals surface area contributed by atoms with E-state index in [9.17, 15) is 10.1 Å². The zero-order valence-electron chi connectivity index (χ0n) is 10.7. The number of nitro groups is 1. The highest BCUT2D eigenvalue weighted by molar-refractivity contribution is 6.32. The number of hydroxylamine groups is 1. The quantitative estimate of drug-likeness (QED) is 0.697. The van der Waals surface area contributed by atoms with E-state index < -0.39 is 11.0 Å². The highest BCUT2D eigenvalue weighted by atomic mass is 35.5. The van der Waals surface area contributed by atoms with Gasteiger partial charge in [0.1, 0.15) is 0 Å².